The van der Waals surface area contributed by atoms with E-state index in [1.54, 1.807) is 6.92 Å². The standard InChI is InChI=1S/C13H16O2/c1-9(13(14)15)12-6-4-11(5-7-12)8-10-2-3-10/h4-7,9-10H,2-3,8H2,1H3,(H,14,15)/t9-/m1/s1. The van der Waals surface area contributed by atoms with Crippen LogP contribution < -0.4 is 0 Å². The molecule has 0 unspecified atom stereocenters. The summed E-state index contributed by atoms with van der Waals surface area (Å²) in [7, 11) is 0. The van der Waals surface area contributed by atoms with Crippen LogP contribution in [0.5, 0.6) is 0 Å². The molecule has 0 spiro atoms. The van der Waals surface area contributed by atoms with Crippen LogP contribution >= 0.6 is 0 Å². The number of hydrogen-bond donors (Lipinski definition) is 1. The first-order valence-corrected chi connectivity index (χ1v) is 5.48. The summed E-state index contributed by atoms with van der Waals surface area (Å²) in [6.07, 6.45) is 3.86. The van der Waals surface area contributed by atoms with Crippen molar-refractivity contribution >= 4 is 5.97 Å². The highest BCUT2D eigenvalue weighted by molar-refractivity contribution is 5.75. The molecule has 80 valence electrons. The van der Waals surface area contributed by atoms with E-state index >= 15 is 0 Å². The van der Waals surface area contributed by atoms with Crippen LogP contribution in [0.2, 0.25) is 0 Å². The zero-order chi connectivity index (χ0) is 10.8. The predicted octanol–water partition coefficient (Wildman–Crippen LogP) is 2.83. The Morgan fingerprint density at radius 1 is 1.40 bits per heavy atom. The number of carboxylic acid groups (broad SMARTS) is 1. The van der Waals surface area contributed by atoms with Crippen LogP contribution in [0, 0.1) is 5.92 Å². The molecule has 2 nitrogen and oxygen atoms in total. The van der Waals surface area contributed by atoms with E-state index < -0.39 is 11.9 Å². The average molecular weight is 204 g/mol. The molecular weight excluding hydrogens is 188 g/mol. The molecule has 1 aromatic rings. The first-order chi connectivity index (χ1) is 7.16. The zero-order valence-electron chi connectivity index (χ0n) is 8.94. The second-order valence-corrected chi connectivity index (χ2v) is 4.45. The van der Waals surface area contributed by atoms with Crippen molar-refractivity contribution in [2.45, 2.75) is 32.1 Å². The highest BCUT2D eigenvalue weighted by Gasteiger charge is 2.21. The molecule has 15 heavy (non-hydrogen) atoms. The van der Waals surface area contributed by atoms with E-state index in [-0.39, 0.29) is 0 Å². The summed E-state index contributed by atoms with van der Waals surface area (Å²) < 4.78 is 0. The van der Waals surface area contributed by atoms with Crippen molar-refractivity contribution in [1.29, 1.82) is 0 Å². The fourth-order valence-corrected chi connectivity index (χ4v) is 1.74. The smallest absolute Gasteiger partial charge is 0.310 e. The highest BCUT2D eigenvalue weighted by atomic mass is 16.4. The zero-order valence-corrected chi connectivity index (χ0v) is 8.94. The van der Waals surface area contributed by atoms with Gasteiger partial charge in [-0.3, -0.25) is 4.79 Å². The monoisotopic (exact) mass is 204 g/mol. The number of benzene rings is 1. The largest absolute Gasteiger partial charge is 0.481 e. The fourth-order valence-electron chi connectivity index (χ4n) is 1.74. The van der Waals surface area contributed by atoms with Gasteiger partial charge in [-0.05, 0) is 43.2 Å². The summed E-state index contributed by atoms with van der Waals surface area (Å²) in [4.78, 5) is 10.8. The summed E-state index contributed by atoms with van der Waals surface area (Å²) in [5.74, 6) is -0.280. The van der Waals surface area contributed by atoms with E-state index in [0.29, 0.717) is 0 Å². The molecule has 1 aliphatic rings. The van der Waals surface area contributed by atoms with Gasteiger partial charge in [0.1, 0.15) is 0 Å². The molecule has 1 aromatic carbocycles. The first kappa shape index (κ1) is 10.2. The van der Waals surface area contributed by atoms with E-state index in [2.05, 4.69) is 12.1 Å². The maximum atomic E-state index is 10.8. The van der Waals surface area contributed by atoms with E-state index in [9.17, 15) is 4.79 Å². The number of carbonyl (C=O) groups is 1. The molecule has 1 saturated carbocycles. The minimum Gasteiger partial charge on any atom is -0.481 e. The van der Waals surface area contributed by atoms with E-state index in [4.69, 9.17) is 5.11 Å². The van der Waals surface area contributed by atoms with Gasteiger partial charge in [-0.2, -0.15) is 0 Å². The Kier molecular flexibility index (Phi) is 2.76. The second kappa shape index (κ2) is 4.05. The van der Waals surface area contributed by atoms with E-state index in [1.165, 1.54) is 18.4 Å². The van der Waals surface area contributed by atoms with Gasteiger partial charge in [0.25, 0.3) is 0 Å². The molecule has 2 heteroatoms. The summed E-state index contributed by atoms with van der Waals surface area (Å²) in [5.41, 5.74) is 2.22. The third-order valence-electron chi connectivity index (χ3n) is 3.07. The van der Waals surface area contributed by atoms with Crippen LogP contribution in [0.15, 0.2) is 24.3 Å². The van der Waals surface area contributed by atoms with Crippen molar-refractivity contribution in [2.24, 2.45) is 5.92 Å². The van der Waals surface area contributed by atoms with Crippen LogP contribution in [0.1, 0.15) is 36.8 Å². The Balaban J connectivity index is 2.05. The molecule has 1 aliphatic carbocycles. The third kappa shape index (κ3) is 2.58. The van der Waals surface area contributed by atoms with Gasteiger partial charge in [0, 0.05) is 0 Å². The van der Waals surface area contributed by atoms with E-state index in [0.717, 1.165) is 17.9 Å². The lowest BCUT2D eigenvalue weighted by atomic mass is 9.99. The number of rotatable bonds is 4. The number of carboxylic acids is 1. The first-order valence-electron chi connectivity index (χ1n) is 5.48. The van der Waals surface area contributed by atoms with Gasteiger partial charge in [-0.25, -0.2) is 0 Å². The second-order valence-electron chi connectivity index (χ2n) is 4.45. The molecule has 0 amide bonds. The molecule has 1 fully saturated rings. The maximum Gasteiger partial charge on any atom is 0.310 e. The topological polar surface area (TPSA) is 37.3 Å². The van der Waals surface area contributed by atoms with Gasteiger partial charge in [0.2, 0.25) is 0 Å². The summed E-state index contributed by atoms with van der Waals surface area (Å²) >= 11 is 0. The van der Waals surface area contributed by atoms with Gasteiger partial charge in [-0.1, -0.05) is 24.3 Å². The van der Waals surface area contributed by atoms with Gasteiger partial charge in [0.05, 0.1) is 5.92 Å². The van der Waals surface area contributed by atoms with Crippen molar-refractivity contribution in [3.05, 3.63) is 35.4 Å². The Morgan fingerprint density at radius 3 is 2.47 bits per heavy atom. The molecule has 0 bridgehead atoms. The molecule has 1 N–H and O–H groups in total. The minimum absolute atomic E-state index is 0.403. The van der Waals surface area contributed by atoms with Gasteiger partial charge in [0.15, 0.2) is 0 Å². The molecule has 1 atom stereocenters. The lowest BCUT2D eigenvalue weighted by Crippen LogP contribution is -2.07. The van der Waals surface area contributed by atoms with Crippen molar-refractivity contribution in [3.63, 3.8) is 0 Å². The fraction of sp³-hybridized carbons (Fsp3) is 0.462. The van der Waals surface area contributed by atoms with Crippen molar-refractivity contribution in [2.75, 3.05) is 0 Å². The van der Waals surface area contributed by atoms with Crippen LogP contribution in [0.25, 0.3) is 0 Å². The highest BCUT2D eigenvalue weighted by Crippen LogP contribution is 2.32. The third-order valence-corrected chi connectivity index (χ3v) is 3.07. The van der Waals surface area contributed by atoms with Crippen LogP contribution in [-0.2, 0) is 11.2 Å². The van der Waals surface area contributed by atoms with E-state index in [1.807, 2.05) is 12.1 Å². The van der Waals surface area contributed by atoms with Gasteiger partial charge < -0.3 is 5.11 Å². The molecule has 0 aliphatic heterocycles. The molecule has 2 rings (SSSR count). The SMILES string of the molecule is C[C@@H](C(=O)O)c1ccc(CC2CC2)cc1. The normalized spacial score (nSPS) is 17.4. The summed E-state index contributed by atoms with van der Waals surface area (Å²) in [6, 6.07) is 8.01. The van der Waals surface area contributed by atoms with Crippen molar-refractivity contribution < 1.29 is 9.90 Å². The molecule has 0 radical (unpaired) electrons. The lowest BCUT2D eigenvalue weighted by Gasteiger charge is -2.07. The molecule has 0 saturated heterocycles. The van der Waals surface area contributed by atoms with Gasteiger partial charge >= 0.3 is 5.97 Å². The van der Waals surface area contributed by atoms with Crippen LogP contribution in [-0.4, -0.2) is 11.1 Å². The quantitative estimate of drug-likeness (QED) is 0.818. The Hall–Kier alpha value is -1.31. The lowest BCUT2D eigenvalue weighted by molar-refractivity contribution is -0.138. The molecule has 0 heterocycles. The molecule has 0 aromatic heterocycles. The Bertz CT molecular complexity index is 349. The predicted molar refractivity (Wildman–Crippen MR) is 58.9 cm³/mol. The van der Waals surface area contributed by atoms with Crippen LogP contribution in [0.3, 0.4) is 0 Å². The van der Waals surface area contributed by atoms with Crippen molar-refractivity contribution in [1.82, 2.24) is 0 Å². The Labute approximate surface area is 89.9 Å². The van der Waals surface area contributed by atoms with Crippen molar-refractivity contribution in [3.8, 4) is 0 Å². The summed E-state index contributed by atoms with van der Waals surface area (Å²) in [5, 5.41) is 8.86. The number of hydrogen-bond acceptors (Lipinski definition) is 1. The Morgan fingerprint density at radius 2 is 2.00 bits per heavy atom. The average Bonchev–Trinajstić information content (AvgIpc) is 3.02. The van der Waals surface area contributed by atoms with Crippen LogP contribution in [0.4, 0.5) is 0 Å². The summed E-state index contributed by atoms with van der Waals surface area (Å²) in [6.45, 7) is 1.72. The van der Waals surface area contributed by atoms with Gasteiger partial charge in [-0.15, -0.1) is 0 Å². The number of aliphatic carboxylic acids is 1. The molecular formula is C13H16O2. The maximum absolute atomic E-state index is 10.8. The minimum atomic E-state index is -0.759.